The fraction of sp³-hybridized carbons (Fsp3) is 0.714. The summed E-state index contributed by atoms with van der Waals surface area (Å²) in [6.45, 7) is 4.33. The number of piperidine rings is 1. The number of nitrogens with zero attached hydrogens (tertiary/aromatic N) is 1. The molecule has 3 atom stereocenters. The minimum absolute atomic E-state index is 0.308. The van der Waals surface area contributed by atoms with Gasteiger partial charge in [0, 0.05) is 25.1 Å². The van der Waals surface area contributed by atoms with Gasteiger partial charge in [0.1, 0.15) is 5.75 Å². The minimum atomic E-state index is 0.308. The first-order valence-corrected chi connectivity index (χ1v) is 9.88. The third kappa shape index (κ3) is 3.09. The largest absolute Gasteiger partial charge is 0.508 e. The second-order valence-electron chi connectivity index (χ2n) is 8.01. The second kappa shape index (κ2) is 7.26. The highest BCUT2D eigenvalue weighted by Gasteiger charge is 2.53. The minimum Gasteiger partial charge on any atom is -0.508 e. The maximum atomic E-state index is 10.1. The first kappa shape index (κ1) is 17.3. The van der Waals surface area contributed by atoms with Crippen LogP contribution in [-0.2, 0) is 21.3 Å². The van der Waals surface area contributed by atoms with E-state index in [0.29, 0.717) is 30.4 Å². The van der Waals surface area contributed by atoms with Crippen molar-refractivity contribution >= 4 is 0 Å². The number of fused-ring (bicyclic) bond motifs is 1. The van der Waals surface area contributed by atoms with Gasteiger partial charge in [-0.1, -0.05) is 18.9 Å². The quantitative estimate of drug-likeness (QED) is 0.805. The monoisotopic (exact) mass is 345 g/mol. The number of rotatable bonds is 6. The molecular formula is C21H31NO3. The fourth-order valence-corrected chi connectivity index (χ4v) is 5.78. The van der Waals surface area contributed by atoms with E-state index in [1.54, 1.807) is 7.11 Å². The molecule has 1 aromatic rings. The summed E-state index contributed by atoms with van der Waals surface area (Å²) in [5.74, 6) is 1.17. The second-order valence-corrected chi connectivity index (χ2v) is 8.01. The standard InChI is InChI=1S/C21H31NO3/c1-24-12-13-25-11-10-22-9-8-21-7-3-2-4-18(21)20(22)14-16-5-6-17(23)15-19(16)21/h5-6,15,18,20,23H,2-4,7-14H2,1H3/t18-,20+,21+/m0/s1. The van der Waals surface area contributed by atoms with Crippen molar-refractivity contribution < 1.29 is 14.6 Å². The molecule has 4 nitrogen and oxygen atoms in total. The summed E-state index contributed by atoms with van der Waals surface area (Å²) in [4.78, 5) is 2.68. The molecule has 0 amide bonds. The van der Waals surface area contributed by atoms with Crippen LogP contribution < -0.4 is 0 Å². The van der Waals surface area contributed by atoms with Crippen molar-refractivity contribution in [2.45, 2.75) is 50.0 Å². The van der Waals surface area contributed by atoms with Crippen LogP contribution in [0.3, 0.4) is 0 Å². The molecule has 1 aliphatic heterocycles. The van der Waals surface area contributed by atoms with Crippen molar-refractivity contribution in [1.29, 1.82) is 0 Å². The third-order valence-corrected chi connectivity index (χ3v) is 6.89. The molecule has 1 saturated heterocycles. The first-order valence-electron chi connectivity index (χ1n) is 9.88. The van der Waals surface area contributed by atoms with Crippen LogP contribution in [0.15, 0.2) is 18.2 Å². The highest BCUT2D eigenvalue weighted by Crippen LogP contribution is 2.56. The van der Waals surface area contributed by atoms with Gasteiger partial charge in [-0.2, -0.15) is 0 Å². The lowest BCUT2D eigenvalue weighted by Gasteiger charge is -2.59. The number of aromatic hydroxyl groups is 1. The summed E-state index contributed by atoms with van der Waals surface area (Å²) in [5.41, 5.74) is 3.23. The van der Waals surface area contributed by atoms with E-state index in [1.807, 2.05) is 6.07 Å². The Morgan fingerprint density at radius 1 is 1.20 bits per heavy atom. The Morgan fingerprint density at radius 3 is 3.00 bits per heavy atom. The van der Waals surface area contributed by atoms with Gasteiger partial charge in [0.15, 0.2) is 0 Å². The SMILES string of the molecule is COCCOCCN1CC[C@]23CCCC[C@H]2[C@H]1Cc1ccc(O)cc13. The van der Waals surface area contributed by atoms with Crippen molar-refractivity contribution in [3.8, 4) is 5.75 Å². The lowest BCUT2D eigenvalue weighted by molar-refractivity contribution is -0.0275. The van der Waals surface area contributed by atoms with Gasteiger partial charge in [-0.3, -0.25) is 4.90 Å². The Kier molecular flexibility index (Phi) is 5.03. The van der Waals surface area contributed by atoms with Crippen LogP contribution in [0.1, 0.15) is 43.2 Å². The first-order chi connectivity index (χ1) is 12.2. The van der Waals surface area contributed by atoms with E-state index in [-0.39, 0.29) is 0 Å². The average Bonchev–Trinajstić information content (AvgIpc) is 2.63. The lowest BCUT2D eigenvalue weighted by Crippen LogP contribution is -2.61. The van der Waals surface area contributed by atoms with Gasteiger partial charge < -0.3 is 14.6 Å². The molecule has 1 heterocycles. The van der Waals surface area contributed by atoms with Crippen LogP contribution in [0, 0.1) is 5.92 Å². The van der Waals surface area contributed by atoms with Gasteiger partial charge in [-0.05, 0) is 61.4 Å². The maximum absolute atomic E-state index is 10.1. The van der Waals surface area contributed by atoms with E-state index in [0.717, 1.165) is 32.0 Å². The van der Waals surface area contributed by atoms with Crippen LogP contribution in [0.4, 0.5) is 0 Å². The van der Waals surface area contributed by atoms with Crippen molar-refractivity contribution in [3.05, 3.63) is 29.3 Å². The molecule has 2 aliphatic carbocycles. The third-order valence-electron chi connectivity index (χ3n) is 6.89. The highest BCUT2D eigenvalue weighted by molar-refractivity contribution is 5.45. The number of ether oxygens (including phenoxy) is 2. The summed E-state index contributed by atoms with van der Waals surface area (Å²) in [6, 6.07) is 6.75. The molecule has 138 valence electrons. The molecule has 1 N–H and O–H groups in total. The smallest absolute Gasteiger partial charge is 0.115 e. The van der Waals surface area contributed by atoms with Gasteiger partial charge in [0.2, 0.25) is 0 Å². The Balaban J connectivity index is 1.54. The molecule has 1 saturated carbocycles. The number of hydrogen-bond donors (Lipinski definition) is 1. The van der Waals surface area contributed by atoms with Crippen LogP contribution in [0.5, 0.6) is 5.75 Å². The summed E-state index contributed by atoms with van der Waals surface area (Å²) in [5, 5.41) is 10.1. The summed E-state index contributed by atoms with van der Waals surface area (Å²) in [7, 11) is 1.72. The molecule has 3 aliphatic rings. The normalized spacial score (nSPS) is 31.4. The van der Waals surface area contributed by atoms with Gasteiger partial charge in [-0.25, -0.2) is 0 Å². The molecule has 0 aromatic heterocycles. The van der Waals surface area contributed by atoms with Gasteiger partial charge >= 0.3 is 0 Å². The zero-order valence-electron chi connectivity index (χ0n) is 15.4. The fourth-order valence-electron chi connectivity index (χ4n) is 5.78. The maximum Gasteiger partial charge on any atom is 0.115 e. The van der Waals surface area contributed by atoms with Gasteiger partial charge in [-0.15, -0.1) is 0 Å². The number of likely N-dealkylation sites (tertiary alicyclic amines) is 1. The zero-order valence-corrected chi connectivity index (χ0v) is 15.4. The topological polar surface area (TPSA) is 41.9 Å². The number of methoxy groups -OCH3 is 1. The Morgan fingerprint density at radius 2 is 2.12 bits per heavy atom. The molecule has 4 rings (SSSR count). The Hall–Kier alpha value is -1.10. The van der Waals surface area contributed by atoms with E-state index in [2.05, 4.69) is 17.0 Å². The number of hydrogen-bond acceptors (Lipinski definition) is 4. The molecule has 0 spiro atoms. The molecule has 0 radical (unpaired) electrons. The number of phenolic OH excluding ortho intramolecular Hbond substituents is 1. The van der Waals surface area contributed by atoms with Crippen molar-refractivity contribution in [1.82, 2.24) is 4.90 Å². The molecule has 2 bridgehead atoms. The Bertz CT molecular complexity index is 605. The predicted molar refractivity (Wildman–Crippen MR) is 98.1 cm³/mol. The van der Waals surface area contributed by atoms with E-state index >= 15 is 0 Å². The zero-order chi connectivity index (χ0) is 17.3. The molecule has 2 fully saturated rings. The summed E-state index contributed by atoms with van der Waals surface area (Å²) in [6.07, 6.45) is 7.67. The summed E-state index contributed by atoms with van der Waals surface area (Å²) >= 11 is 0. The Labute approximate surface area is 151 Å². The van der Waals surface area contributed by atoms with Crippen molar-refractivity contribution in [2.24, 2.45) is 5.92 Å². The van der Waals surface area contributed by atoms with Crippen LogP contribution in [0.2, 0.25) is 0 Å². The van der Waals surface area contributed by atoms with Crippen LogP contribution in [-0.4, -0.2) is 56.1 Å². The molecule has 1 aromatic carbocycles. The van der Waals surface area contributed by atoms with E-state index < -0.39 is 0 Å². The predicted octanol–water partition coefficient (Wildman–Crippen LogP) is 3.11. The van der Waals surface area contributed by atoms with Gasteiger partial charge in [0.05, 0.1) is 19.8 Å². The molecule has 25 heavy (non-hydrogen) atoms. The van der Waals surface area contributed by atoms with Crippen LogP contribution >= 0.6 is 0 Å². The molecule has 4 heteroatoms. The van der Waals surface area contributed by atoms with Crippen LogP contribution in [0.25, 0.3) is 0 Å². The number of phenols is 1. The summed E-state index contributed by atoms with van der Waals surface area (Å²) < 4.78 is 10.8. The van der Waals surface area contributed by atoms with Gasteiger partial charge in [0.25, 0.3) is 0 Å². The van der Waals surface area contributed by atoms with E-state index in [1.165, 1.54) is 43.2 Å². The number of benzene rings is 1. The van der Waals surface area contributed by atoms with E-state index in [9.17, 15) is 5.11 Å². The molecular weight excluding hydrogens is 314 g/mol. The molecule has 0 unspecified atom stereocenters. The lowest BCUT2D eigenvalue weighted by atomic mass is 9.52. The highest BCUT2D eigenvalue weighted by atomic mass is 16.5. The van der Waals surface area contributed by atoms with Crippen molar-refractivity contribution in [3.63, 3.8) is 0 Å². The van der Waals surface area contributed by atoms with Crippen molar-refractivity contribution in [2.75, 3.05) is 40.0 Å². The average molecular weight is 345 g/mol. The van der Waals surface area contributed by atoms with E-state index in [4.69, 9.17) is 9.47 Å².